The Kier molecular flexibility index (Phi) is 3.05. The van der Waals surface area contributed by atoms with Crippen LogP contribution in [-0.4, -0.2) is 5.91 Å². The molecule has 96 valence electrons. The Morgan fingerprint density at radius 1 is 0.947 bits per heavy atom. The fourth-order valence-electron chi connectivity index (χ4n) is 2.22. The third-order valence-corrected chi connectivity index (χ3v) is 3.18. The van der Waals surface area contributed by atoms with E-state index in [0.29, 0.717) is 0 Å². The lowest BCUT2D eigenvalue weighted by Crippen LogP contribution is -2.05. The van der Waals surface area contributed by atoms with Gasteiger partial charge in [-0.2, -0.15) is 0 Å². The number of nitrogens with one attached hydrogen (secondary N) is 1. The zero-order valence-corrected chi connectivity index (χ0v) is 10.7. The Morgan fingerprint density at radius 2 is 1.53 bits per heavy atom. The standard InChI is InChI=1S/C16H15NO2/c1-11(18)17-14-9-7-13(8-10-14)16-15(19-16)12-5-3-2-4-6-12/h2-10,15-16H,1H3,(H,17,18)/t15-,16+/m0/s1. The third kappa shape index (κ3) is 2.66. The van der Waals surface area contributed by atoms with Crippen LogP contribution in [0.1, 0.15) is 30.3 Å². The predicted octanol–water partition coefficient (Wildman–Crippen LogP) is 3.46. The topological polar surface area (TPSA) is 41.6 Å². The van der Waals surface area contributed by atoms with Crippen LogP contribution in [0.4, 0.5) is 5.69 Å². The van der Waals surface area contributed by atoms with Gasteiger partial charge in [0.15, 0.2) is 0 Å². The van der Waals surface area contributed by atoms with Crippen LogP contribution >= 0.6 is 0 Å². The summed E-state index contributed by atoms with van der Waals surface area (Å²) in [5.41, 5.74) is 3.16. The second-order valence-corrected chi connectivity index (χ2v) is 4.69. The maximum absolute atomic E-state index is 10.9. The van der Waals surface area contributed by atoms with E-state index in [0.717, 1.165) is 11.3 Å². The third-order valence-electron chi connectivity index (χ3n) is 3.18. The van der Waals surface area contributed by atoms with Crippen molar-refractivity contribution in [3.8, 4) is 0 Å². The highest BCUT2D eigenvalue weighted by Crippen LogP contribution is 2.50. The molecule has 0 aliphatic carbocycles. The number of hydrogen-bond acceptors (Lipinski definition) is 2. The van der Waals surface area contributed by atoms with E-state index in [2.05, 4.69) is 17.4 Å². The van der Waals surface area contributed by atoms with Gasteiger partial charge in [0.25, 0.3) is 0 Å². The van der Waals surface area contributed by atoms with Gasteiger partial charge in [-0.25, -0.2) is 0 Å². The zero-order valence-electron chi connectivity index (χ0n) is 10.7. The lowest BCUT2D eigenvalue weighted by atomic mass is 10.0. The molecule has 3 rings (SSSR count). The molecule has 3 nitrogen and oxygen atoms in total. The molecule has 0 spiro atoms. The molecular formula is C16H15NO2. The van der Waals surface area contributed by atoms with Gasteiger partial charge in [0.1, 0.15) is 12.2 Å². The van der Waals surface area contributed by atoms with Crippen LogP contribution in [0.25, 0.3) is 0 Å². The van der Waals surface area contributed by atoms with Crippen LogP contribution in [0.15, 0.2) is 54.6 Å². The lowest BCUT2D eigenvalue weighted by Gasteiger charge is -2.02. The highest BCUT2D eigenvalue weighted by Gasteiger charge is 2.41. The van der Waals surface area contributed by atoms with Crippen molar-refractivity contribution in [2.24, 2.45) is 0 Å². The summed E-state index contributed by atoms with van der Waals surface area (Å²) >= 11 is 0. The summed E-state index contributed by atoms with van der Waals surface area (Å²) in [5.74, 6) is -0.0578. The Bertz CT molecular complexity index is 577. The number of benzene rings is 2. The van der Waals surface area contributed by atoms with E-state index in [9.17, 15) is 4.79 Å². The normalized spacial score (nSPS) is 20.9. The number of carbonyl (C=O) groups excluding carboxylic acids is 1. The fraction of sp³-hybridized carbons (Fsp3) is 0.188. The molecule has 3 heteroatoms. The number of rotatable bonds is 3. The minimum Gasteiger partial charge on any atom is -0.359 e. The van der Waals surface area contributed by atoms with Crippen molar-refractivity contribution in [1.29, 1.82) is 0 Å². The van der Waals surface area contributed by atoms with Gasteiger partial charge in [-0.05, 0) is 23.3 Å². The molecule has 0 aromatic heterocycles. The maximum Gasteiger partial charge on any atom is 0.221 e. The molecular weight excluding hydrogens is 238 g/mol. The minimum absolute atomic E-state index is 0.0578. The molecule has 1 aliphatic heterocycles. The monoisotopic (exact) mass is 253 g/mol. The molecule has 2 aromatic carbocycles. The van der Waals surface area contributed by atoms with E-state index in [4.69, 9.17) is 4.74 Å². The molecule has 1 saturated heterocycles. The van der Waals surface area contributed by atoms with Crippen LogP contribution in [0.3, 0.4) is 0 Å². The van der Waals surface area contributed by atoms with Crippen LogP contribution in [-0.2, 0) is 9.53 Å². The number of carbonyl (C=O) groups is 1. The fourth-order valence-corrected chi connectivity index (χ4v) is 2.22. The van der Waals surface area contributed by atoms with Crippen LogP contribution in [0.5, 0.6) is 0 Å². The number of epoxide rings is 1. The van der Waals surface area contributed by atoms with E-state index in [1.54, 1.807) is 0 Å². The van der Waals surface area contributed by atoms with E-state index < -0.39 is 0 Å². The summed E-state index contributed by atoms with van der Waals surface area (Å²) < 4.78 is 5.72. The van der Waals surface area contributed by atoms with E-state index in [1.807, 2.05) is 42.5 Å². The molecule has 19 heavy (non-hydrogen) atoms. The molecule has 0 unspecified atom stereocenters. The average molecular weight is 253 g/mol. The largest absolute Gasteiger partial charge is 0.359 e. The van der Waals surface area contributed by atoms with Crippen molar-refractivity contribution < 1.29 is 9.53 Å². The molecule has 0 bridgehead atoms. The number of hydrogen-bond donors (Lipinski definition) is 1. The van der Waals surface area contributed by atoms with Crippen molar-refractivity contribution in [3.05, 3.63) is 65.7 Å². The molecule has 1 heterocycles. The smallest absolute Gasteiger partial charge is 0.221 e. The molecule has 1 N–H and O–H groups in total. The summed E-state index contributed by atoms with van der Waals surface area (Å²) in [4.78, 5) is 10.9. The first-order valence-electron chi connectivity index (χ1n) is 6.32. The average Bonchev–Trinajstić information content (AvgIpc) is 3.20. The quantitative estimate of drug-likeness (QED) is 0.851. The van der Waals surface area contributed by atoms with E-state index >= 15 is 0 Å². The van der Waals surface area contributed by atoms with Gasteiger partial charge in [0.05, 0.1) is 0 Å². The molecule has 1 aliphatic rings. The summed E-state index contributed by atoms with van der Waals surface area (Å²) in [5, 5.41) is 2.75. The first-order chi connectivity index (χ1) is 9.24. The Morgan fingerprint density at radius 3 is 2.11 bits per heavy atom. The number of amides is 1. The Labute approximate surface area is 112 Å². The van der Waals surface area contributed by atoms with Gasteiger partial charge in [0.2, 0.25) is 5.91 Å². The highest BCUT2D eigenvalue weighted by molar-refractivity contribution is 5.88. The van der Waals surface area contributed by atoms with Gasteiger partial charge in [-0.15, -0.1) is 0 Å². The van der Waals surface area contributed by atoms with E-state index in [1.165, 1.54) is 12.5 Å². The summed E-state index contributed by atoms with van der Waals surface area (Å²) in [7, 11) is 0. The van der Waals surface area contributed by atoms with Crippen molar-refractivity contribution in [2.75, 3.05) is 5.32 Å². The Balaban J connectivity index is 1.70. The van der Waals surface area contributed by atoms with Gasteiger partial charge < -0.3 is 10.1 Å². The summed E-state index contributed by atoms with van der Waals surface area (Å²) in [6.45, 7) is 1.50. The predicted molar refractivity (Wildman–Crippen MR) is 73.8 cm³/mol. The van der Waals surface area contributed by atoms with Gasteiger partial charge >= 0.3 is 0 Å². The van der Waals surface area contributed by atoms with E-state index in [-0.39, 0.29) is 18.1 Å². The first kappa shape index (κ1) is 11.9. The summed E-state index contributed by atoms with van der Waals surface area (Å²) in [6.07, 6.45) is 0.293. The highest BCUT2D eigenvalue weighted by atomic mass is 16.6. The van der Waals surface area contributed by atoms with Gasteiger partial charge in [-0.3, -0.25) is 4.79 Å². The van der Waals surface area contributed by atoms with Gasteiger partial charge in [-0.1, -0.05) is 42.5 Å². The van der Waals surface area contributed by atoms with Crippen molar-refractivity contribution >= 4 is 11.6 Å². The minimum atomic E-state index is -0.0578. The van der Waals surface area contributed by atoms with Crippen molar-refractivity contribution in [1.82, 2.24) is 0 Å². The molecule has 2 aromatic rings. The molecule has 1 fully saturated rings. The molecule has 2 atom stereocenters. The zero-order chi connectivity index (χ0) is 13.2. The first-order valence-corrected chi connectivity index (χ1v) is 6.32. The molecule has 0 radical (unpaired) electrons. The lowest BCUT2D eigenvalue weighted by molar-refractivity contribution is -0.114. The van der Waals surface area contributed by atoms with Crippen molar-refractivity contribution in [2.45, 2.75) is 19.1 Å². The van der Waals surface area contributed by atoms with Crippen LogP contribution in [0, 0.1) is 0 Å². The maximum atomic E-state index is 10.9. The summed E-state index contributed by atoms with van der Waals surface area (Å²) in [6, 6.07) is 18.0. The number of ether oxygens (including phenoxy) is 1. The second kappa shape index (κ2) is 4.86. The molecule has 1 amide bonds. The van der Waals surface area contributed by atoms with Crippen LogP contribution < -0.4 is 5.32 Å². The molecule has 0 saturated carbocycles. The number of anilines is 1. The van der Waals surface area contributed by atoms with Gasteiger partial charge in [0, 0.05) is 12.6 Å². The van der Waals surface area contributed by atoms with Crippen LogP contribution in [0.2, 0.25) is 0 Å². The Hall–Kier alpha value is -2.13. The SMILES string of the molecule is CC(=O)Nc1ccc([C@H]2O[C@H]2c2ccccc2)cc1. The van der Waals surface area contributed by atoms with Crippen molar-refractivity contribution in [3.63, 3.8) is 0 Å². The second-order valence-electron chi connectivity index (χ2n) is 4.69.